The molecule has 0 spiro atoms. The number of hydrogen-bond donors (Lipinski definition) is 0. The first kappa shape index (κ1) is 30.6. The van der Waals surface area contributed by atoms with E-state index in [9.17, 15) is 0 Å². The fourth-order valence-electron chi connectivity index (χ4n) is 5.17. The van der Waals surface area contributed by atoms with Crippen LogP contribution in [0.25, 0.3) is 22.6 Å². The first-order chi connectivity index (χ1) is 19.9. The van der Waals surface area contributed by atoms with Gasteiger partial charge in [-0.3, -0.25) is 0 Å². The Hall–Kier alpha value is -3.82. The topological polar surface area (TPSA) is 43.2 Å². The molecular formula is C37H37N4OPt-3. The van der Waals surface area contributed by atoms with Crippen LogP contribution in [0.4, 0.5) is 11.4 Å². The summed E-state index contributed by atoms with van der Waals surface area (Å²) in [5, 5.41) is 0. The number of para-hydroxylation sites is 1. The Morgan fingerprint density at radius 2 is 1.53 bits per heavy atom. The normalized spacial score (nSPS) is 12.6. The van der Waals surface area contributed by atoms with Gasteiger partial charge in [-0.25, -0.2) is 0 Å². The fourth-order valence-corrected chi connectivity index (χ4v) is 5.17. The van der Waals surface area contributed by atoms with E-state index in [4.69, 9.17) is 14.7 Å². The van der Waals surface area contributed by atoms with E-state index in [2.05, 4.69) is 125 Å². The largest absolute Gasteiger partial charge is 0.503 e. The number of aromatic nitrogens is 3. The Labute approximate surface area is 270 Å². The van der Waals surface area contributed by atoms with E-state index in [-0.39, 0.29) is 31.9 Å². The van der Waals surface area contributed by atoms with Crippen molar-refractivity contribution in [1.29, 1.82) is 0 Å². The van der Waals surface area contributed by atoms with Crippen LogP contribution in [0.1, 0.15) is 64.1 Å². The second-order valence-corrected chi connectivity index (χ2v) is 13.1. The van der Waals surface area contributed by atoms with Crippen molar-refractivity contribution in [3.63, 3.8) is 0 Å². The van der Waals surface area contributed by atoms with E-state index in [1.54, 1.807) is 0 Å². The number of anilines is 2. The molecule has 6 heteroatoms. The van der Waals surface area contributed by atoms with Gasteiger partial charge in [0.05, 0.1) is 0 Å². The Bertz CT molecular complexity index is 1790. The minimum Gasteiger partial charge on any atom is -0.503 e. The molecule has 0 unspecified atom stereocenters. The summed E-state index contributed by atoms with van der Waals surface area (Å²) in [6.07, 6.45) is 1.88. The van der Waals surface area contributed by atoms with Crippen LogP contribution in [-0.4, -0.2) is 14.5 Å². The van der Waals surface area contributed by atoms with Crippen LogP contribution in [0.2, 0.25) is 0 Å². The SMILES string of the molecule is Cc1nc2n(c1C)[CH-]N(c1[c-]c(Oc3[c-]c(-c4cc(C(C)(C)C)ccn4)cc(C(C)(C)C)c3)ccc1)c1ccccc1-2.[Pt]. The zero-order chi connectivity index (χ0) is 29.8. The van der Waals surface area contributed by atoms with Gasteiger partial charge in [0.25, 0.3) is 0 Å². The number of fused-ring (bicyclic) bond motifs is 3. The van der Waals surface area contributed by atoms with Crippen LogP contribution in [-0.2, 0) is 31.9 Å². The number of imidazole rings is 1. The predicted octanol–water partition coefficient (Wildman–Crippen LogP) is 9.33. The molecule has 2 aromatic heterocycles. The standard InChI is InChI=1S/C37H37N4O.Pt/c1-24-25(2)40-23-41(34-15-10-9-14-32(34)35(40)39-24)29-12-11-13-30(22-29)42-31-19-26(18-28(20-31)37(6,7)8)33-21-27(16-17-38-33)36(3,4)5;/h9-18,20-21,23H,1-8H3;/q-3;. The van der Waals surface area contributed by atoms with Crippen LogP contribution >= 0.6 is 0 Å². The average Bonchev–Trinajstić information content (AvgIpc) is 3.25. The molecule has 0 aliphatic carbocycles. The third-order valence-electron chi connectivity index (χ3n) is 7.87. The van der Waals surface area contributed by atoms with Crippen LogP contribution in [0.15, 0.2) is 72.9 Å². The maximum atomic E-state index is 6.49. The number of ether oxygens (including phenoxy) is 1. The molecule has 0 amide bonds. The number of pyridine rings is 1. The molecule has 0 saturated heterocycles. The molecule has 0 atom stereocenters. The Morgan fingerprint density at radius 1 is 0.791 bits per heavy atom. The van der Waals surface area contributed by atoms with Crippen molar-refractivity contribution in [3.8, 4) is 34.1 Å². The third-order valence-corrected chi connectivity index (χ3v) is 7.87. The zero-order valence-corrected chi connectivity index (χ0v) is 28.3. The van der Waals surface area contributed by atoms with Crippen molar-refractivity contribution in [2.45, 2.75) is 66.2 Å². The molecule has 5 nitrogen and oxygen atoms in total. The van der Waals surface area contributed by atoms with Crippen molar-refractivity contribution >= 4 is 11.4 Å². The van der Waals surface area contributed by atoms with Gasteiger partial charge >= 0.3 is 0 Å². The van der Waals surface area contributed by atoms with Gasteiger partial charge in [-0.15, -0.1) is 35.4 Å². The smallest absolute Gasteiger partial charge is 0.0424 e. The number of nitrogens with zero attached hydrogens (tertiary/aromatic N) is 4. The number of aryl methyl sites for hydroxylation is 1. The van der Waals surface area contributed by atoms with E-state index in [0.29, 0.717) is 11.5 Å². The molecule has 1 aliphatic heterocycles. The van der Waals surface area contributed by atoms with Crippen molar-refractivity contribution in [1.82, 2.24) is 14.5 Å². The van der Waals surface area contributed by atoms with Crippen LogP contribution < -0.4 is 9.64 Å². The molecule has 0 fully saturated rings. The fraction of sp³-hybridized carbons (Fsp3) is 0.270. The van der Waals surface area contributed by atoms with Gasteiger partial charge < -0.3 is 24.2 Å². The number of hydrogen-bond acceptors (Lipinski definition) is 4. The molecule has 0 saturated carbocycles. The molecule has 3 heterocycles. The summed E-state index contributed by atoms with van der Waals surface area (Å²) >= 11 is 0. The van der Waals surface area contributed by atoms with Crippen LogP contribution in [0.5, 0.6) is 11.5 Å². The van der Waals surface area contributed by atoms with Gasteiger partial charge in [-0.1, -0.05) is 96.2 Å². The van der Waals surface area contributed by atoms with Gasteiger partial charge in [0, 0.05) is 50.3 Å². The van der Waals surface area contributed by atoms with Gasteiger partial charge in [0.15, 0.2) is 0 Å². The molecule has 224 valence electrons. The average molecular weight is 749 g/mol. The van der Waals surface area contributed by atoms with Gasteiger partial charge in [-0.2, -0.15) is 6.07 Å². The predicted molar refractivity (Wildman–Crippen MR) is 170 cm³/mol. The zero-order valence-electron chi connectivity index (χ0n) is 26.0. The second-order valence-electron chi connectivity index (χ2n) is 13.1. The monoisotopic (exact) mass is 748 g/mol. The van der Waals surface area contributed by atoms with Crippen LogP contribution in [0, 0.1) is 32.6 Å². The Balaban J connectivity index is 0.00000368. The molecule has 43 heavy (non-hydrogen) atoms. The van der Waals surface area contributed by atoms with Crippen molar-refractivity contribution in [2.75, 3.05) is 4.90 Å². The van der Waals surface area contributed by atoms with Crippen molar-refractivity contribution in [3.05, 3.63) is 114 Å². The molecule has 6 rings (SSSR count). The minimum absolute atomic E-state index is 0. The quantitative estimate of drug-likeness (QED) is 0.172. The second kappa shape index (κ2) is 11.4. The molecule has 0 radical (unpaired) electrons. The first-order valence-corrected chi connectivity index (χ1v) is 14.4. The van der Waals surface area contributed by atoms with Gasteiger partial charge in [-0.05, 0) is 59.1 Å². The summed E-state index contributed by atoms with van der Waals surface area (Å²) in [4.78, 5) is 11.7. The summed E-state index contributed by atoms with van der Waals surface area (Å²) in [6, 6.07) is 29.8. The summed E-state index contributed by atoms with van der Waals surface area (Å²) in [5.74, 6) is 2.21. The van der Waals surface area contributed by atoms with E-state index in [0.717, 1.165) is 51.0 Å². The van der Waals surface area contributed by atoms with Gasteiger partial charge in [0.2, 0.25) is 0 Å². The summed E-state index contributed by atoms with van der Waals surface area (Å²) in [5.41, 5.74) is 9.27. The van der Waals surface area contributed by atoms with E-state index < -0.39 is 0 Å². The van der Waals surface area contributed by atoms with E-state index in [1.165, 1.54) is 5.56 Å². The van der Waals surface area contributed by atoms with E-state index in [1.807, 2.05) is 31.3 Å². The summed E-state index contributed by atoms with van der Waals surface area (Å²) in [7, 11) is 0. The Kier molecular flexibility index (Phi) is 8.09. The molecule has 0 bridgehead atoms. The molecule has 0 N–H and O–H groups in total. The molecule has 5 aromatic rings. The van der Waals surface area contributed by atoms with Crippen molar-refractivity contribution < 1.29 is 25.8 Å². The molecular weight excluding hydrogens is 712 g/mol. The first-order valence-electron chi connectivity index (χ1n) is 14.4. The Morgan fingerprint density at radius 3 is 2.28 bits per heavy atom. The van der Waals surface area contributed by atoms with Gasteiger partial charge in [0.1, 0.15) is 0 Å². The number of rotatable bonds is 4. The van der Waals surface area contributed by atoms with Crippen molar-refractivity contribution in [2.24, 2.45) is 0 Å². The number of benzene rings is 3. The summed E-state index contributed by atoms with van der Waals surface area (Å²) < 4.78 is 8.64. The summed E-state index contributed by atoms with van der Waals surface area (Å²) in [6.45, 7) is 19.5. The molecule has 1 aliphatic rings. The maximum absolute atomic E-state index is 6.49. The maximum Gasteiger partial charge on any atom is 0.0424 e. The van der Waals surface area contributed by atoms with E-state index >= 15 is 0 Å². The minimum atomic E-state index is -0.0832. The third kappa shape index (κ3) is 6.01. The van der Waals surface area contributed by atoms with Crippen LogP contribution in [0.3, 0.4) is 0 Å². The molecule has 3 aromatic carbocycles.